The van der Waals surface area contributed by atoms with Gasteiger partial charge in [0, 0.05) is 30.1 Å². The fourth-order valence-electron chi connectivity index (χ4n) is 3.01. The molecule has 0 spiro atoms. The highest BCUT2D eigenvalue weighted by atomic mass is 16.5. The number of rotatable bonds is 8. The fourth-order valence-corrected chi connectivity index (χ4v) is 3.01. The van der Waals surface area contributed by atoms with E-state index in [0.29, 0.717) is 28.4 Å². The molecular weight excluding hydrogens is 394 g/mol. The summed E-state index contributed by atoms with van der Waals surface area (Å²) in [6.07, 6.45) is 0. The first-order valence-corrected chi connectivity index (χ1v) is 9.70. The van der Waals surface area contributed by atoms with Crippen molar-refractivity contribution in [3.8, 4) is 11.5 Å². The molecule has 0 saturated heterocycles. The minimum Gasteiger partial charge on any atom is -0.497 e. The molecule has 0 aliphatic rings. The minimum absolute atomic E-state index is 0.0204. The number of nitrogens with one attached hydrogen (secondary N) is 2. The van der Waals surface area contributed by atoms with Crippen molar-refractivity contribution in [3.05, 3.63) is 78.4 Å². The van der Waals surface area contributed by atoms with Gasteiger partial charge in [-0.25, -0.2) is 0 Å². The molecule has 160 valence electrons. The van der Waals surface area contributed by atoms with Crippen molar-refractivity contribution in [3.63, 3.8) is 0 Å². The molecule has 31 heavy (non-hydrogen) atoms. The molecule has 0 aliphatic heterocycles. The molecule has 2 amide bonds. The van der Waals surface area contributed by atoms with Crippen LogP contribution >= 0.6 is 0 Å². The highest BCUT2D eigenvalue weighted by molar-refractivity contribution is 6.06. The van der Waals surface area contributed by atoms with E-state index in [1.165, 1.54) is 7.11 Å². The highest BCUT2D eigenvalue weighted by Crippen LogP contribution is 2.28. The van der Waals surface area contributed by atoms with Gasteiger partial charge < -0.3 is 25.0 Å². The molecule has 0 unspecified atom stereocenters. The van der Waals surface area contributed by atoms with Gasteiger partial charge >= 0.3 is 0 Å². The van der Waals surface area contributed by atoms with E-state index in [4.69, 9.17) is 9.47 Å². The van der Waals surface area contributed by atoms with Gasteiger partial charge in [0.1, 0.15) is 11.5 Å². The first-order valence-electron chi connectivity index (χ1n) is 9.70. The molecule has 3 aromatic rings. The van der Waals surface area contributed by atoms with E-state index >= 15 is 0 Å². The van der Waals surface area contributed by atoms with Gasteiger partial charge in [0.05, 0.1) is 26.5 Å². The Bertz CT molecular complexity index is 1050. The highest BCUT2D eigenvalue weighted by Gasteiger charge is 2.14. The van der Waals surface area contributed by atoms with E-state index in [0.717, 1.165) is 5.69 Å². The molecular formula is C24H25N3O4. The number of anilines is 3. The lowest BCUT2D eigenvalue weighted by atomic mass is 10.1. The topological polar surface area (TPSA) is 79.9 Å². The Kier molecular flexibility index (Phi) is 7.11. The van der Waals surface area contributed by atoms with Crippen molar-refractivity contribution < 1.29 is 19.1 Å². The molecule has 7 nitrogen and oxygen atoms in total. The number of para-hydroxylation sites is 1. The zero-order chi connectivity index (χ0) is 22.2. The maximum Gasteiger partial charge on any atom is 0.258 e. The van der Waals surface area contributed by atoms with Gasteiger partial charge in [-0.05, 0) is 42.5 Å². The van der Waals surface area contributed by atoms with Crippen LogP contribution in [0.1, 0.15) is 10.4 Å². The Hall–Kier alpha value is -4.00. The summed E-state index contributed by atoms with van der Waals surface area (Å²) in [6.45, 7) is 0.0204. The number of carbonyl (C=O) groups is 2. The Morgan fingerprint density at radius 2 is 1.68 bits per heavy atom. The summed E-state index contributed by atoms with van der Waals surface area (Å²) >= 11 is 0. The van der Waals surface area contributed by atoms with Gasteiger partial charge in [-0.15, -0.1) is 0 Å². The van der Waals surface area contributed by atoms with E-state index < -0.39 is 0 Å². The second kappa shape index (κ2) is 10.2. The van der Waals surface area contributed by atoms with Crippen molar-refractivity contribution in [1.29, 1.82) is 0 Å². The summed E-state index contributed by atoms with van der Waals surface area (Å²) in [5, 5.41) is 5.85. The van der Waals surface area contributed by atoms with Crippen molar-refractivity contribution in [1.82, 2.24) is 0 Å². The fraction of sp³-hybridized carbons (Fsp3) is 0.167. The molecule has 0 bridgehead atoms. The second-order valence-corrected chi connectivity index (χ2v) is 6.75. The normalized spacial score (nSPS) is 10.2. The number of hydrogen-bond donors (Lipinski definition) is 2. The molecule has 7 heteroatoms. The van der Waals surface area contributed by atoms with Gasteiger partial charge in [-0.2, -0.15) is 0 Å². The van der Waals surface area contributed by atoms with Crippen LogP contribution in [0.15, 0.2) is 72.8 Å². The molecule has 2 N–H and O–H groups in total. The zero-order valence-corrected chi connectivity index (χ0v) is 17.7. The second-order valence-electron chi connectivity index (χ2n) is 6.75. The van der Waals surface area contributed by atoms with Gasteiger partial charge in [0.2, 0.25) is 5.91 Å². The lowest BCUT2D eigenvalue weighted by molar-refractivity contribution is -0.114. The zero-order valence-electron chi connectivity index (χ0n) is 17.7. The van der Waals surface area contributed by atoms with Crippen LogP contribution < -0.4 is 25.0 Å². The molecule has 0 aliphatic carbocycles. The molecule has 0 aromatic heterocycles. The maximum absolute atomic E-state index is 12.8. The Labute approximate surface area is 181 Å². The van der Waals surface area contributed by atoms with Crippen LogP contribution in [0.4, 0.5) is 17.1 Å². The van der Waals surface area contributed by atoms with Gasteiger partial charge in [0.25, 0.3) is 5.91 Å². The number of hydrogen-bond acceptors (Lipinski definition) is 5. The van der Waals surface area contributed by atoms with E-state index in [1.54, 1.807) is 61.5 Å². The number of carbonyl (C=O) groups excluding carboxylic acids is 2. The molecule has 0 radical (unpaired) electrons. The van der Waals surface area contributed by atoms with E-state index in [1.807, 2.05) is 30.3 Å². The first-order chi connectivity index (χ1) is 15.0. The van der Waals surface area contributed by atoms with Gasteiger partial charge in [-0.1, -0.05) is 24.3 Å². The third-order valence-electron chi connectivity index (χ3n) is 4.69. The minimum atomic E-state index is -0.260. The standard InChI is InChI=1S/C24H25N3O4/c1-27(19-10-5-4-6-11-19)24(29)17-8-7-9-18(14-17)25-16-23(28)26-21-15-20(30-2)12-13-22(21)31-3/h4-15,25H,16H2,1-3H3,(H,26,28). The van der Waals surface area contributed by atoms with Crippen LogP contribution in [0.3, 0.4) is 0 Å². The van der Waals surface area contributed by atoms with Crippen LogP contribution in [0.25, 0.3) is 0 Å². The quantitative estimate of drug-likeness (QED) is 0.576. The van der Waals surface area contributed by atoms with E-state index in [2.05, 4.69) is 10.6 Å². The molecule has 3 rings (SSSR count). The number of benzene rings is 3. The summed E-state index contributed by atoms with van der Waals surface area (Å²) in [5.74, 6) is 0.744. The largest absolute Gasteiger partial charge is 0.497 e. The van der Waals surface area contributed by atoms with Crippen molar-refractivity contribution >= 4 is 28.9 Å². The van der Waals surface area contributed by atoms with E-state index in [-0.39, 0.29) is 18.4 Å². The lowest BCUT2D eigenvalue weighted by Gasteiger charge is -2.18. The summed E-state index contributed by atoms with van der Waals surface area (Å²) in [4.78, 5) is 26.8. The Morgan fingerprint density at radius 1 is 0.903 bits per heavy atom. The summed E-state index contributed by atoms with van der Waals surface area (Å²) in [5.41, 5.74) is 2.51. The van der Waals surface area contributed by atoms with Crippen molar-refractivity contribution in [2.45, 2.75) is 0 Å². The average Bonchev–Trinajstić information content (AvgIpc) is 2.82. The molecule has 0 saturated carbocycles. The van der Waals surface area contributed by atoms with Crippen LogP contribution in [0.5, 0.6) is 11.5 Å². The van der Waals surface area contributed by atoms with Crippen molar-refractivity contribution in [2.75, 3.05) is 43.3 Å². The predicted molar refractivity (Wildman–Crippen MR) is 122 cm³/mol. The van der Waals surface area contributed by atoms with E-state index in [9.17, 15) is 9.59 Å². The van der Waals surface area contributed by atoms with Gasteiger partial charge in [0.15, 0.2) is 0 Å². The predicted octanol–water partition coefficient (Wildman–Crippen LogP) is 4.03. The van der Waals surface area contributed by atoms with Crippen LogP contribution in [-0.2, 0) is 4.79 Å². The van der Waals surface area contributed by atoms with Gasteiger partial charge in [-0.3, -0.25) is 9.59 Å². The summed E-state index contributed by atoms with van der Waals surface area (Å²) in [6, 6.07) is 21.6. The van der Waals surface area contributed by atoms with Crippen molar-refractivity contribution in [2.24, 2.45) is 0 Å². The SMILES string of the molecule is COc1ccc(OC)c(NC(=O)CNc2cccc(C(=O)N(C)c3ccccc3)c2)c1. The third-order valence-corrected chi connectivity index (χ3v) is 4.69. The molecule has 3 aromatic carbocycles. The summed E-state index contributed by atoms with van der Waals surface area (Å²) in [7, 11) is 4.82. The summed E-state index contributed by atoms with van der Waals surface area (Å²) < 4.78 is 10.5. The number of methoxy groups -OCH3 is 2. The number of amides is 2. The Morgan fingerprint density at radius 3 is 2.39 bits per heavy atom. The third kappa shape index (κ3) is 5.54. The molecule has 0 heterocycles. The Balaban J connectivity index is 1.64. The van der Waals surface area contributed by atoms with Crippen LogP contribution in [0.2, 0.25) is 0 Å². The lowest BCUT2D eigenvalue weighted by Crippen LogP contribution is -2.26. The first kappa shape index (κ1) is 21.7. The molecule has 0 fully saturated rings. The van der Waals surface area contributed by atoms with Crippen LogP contribution in [-0.4, -0.2) is 39.6 Å². The average molecular weight is 419 g/mol. The number of ether oxygens (including phenoxy) is 2. The maximum atomic E-state index is 12.8. The smallest absolute Gasteiger partial charge is 0.258 e. The van der Waals surface area contributed by atoms with Crippen LogP contribution in [0, 0.1) is 0 Å². The monoisotopic (exact) mass is 419 g/mol. The number of nitrogens with zero attached hydrogens (tertiary/aromatic N) is 1. The molecule has 0 atom stereocenters.